The van der Waals surface area contributed by atoms with E-state index in [4.69, 9.17) is 19.9 Å². The summed E-state index contributed by atoms with van der Waals surface area (Å²) in [5.74, 6) is 1.50. The van der Waals surface area contributed by atoms with Crippen molar-refractivity contribution in [2.75, 3.05) is 26.1 Å². The molecule has 0 saturated carbocycles. The maximum Gasteiger partial charge on any atom is 0.153 e. The summed E-state index contributed by atoms with van der Waals surface area (Å²) in [4.78, 5) is 3.14. The van der Waals surface area contributed by atoms with E-state index in [-0.39, 0.29) is 11.1 Å². The van der Waals surface area contributed by atoms with Crippen LogP contribution < -0.4 is 19.9 Å². The molecule has 0 saturated heterocycles. The molecule has 6 nitrogen and oxygen atoms in total. The molecule has 3 rings (SSSR count). The molecule has 0 aromatic heterocycles. The third kappa shape index (κ3) is 6.16. The minimum atomic E-state index is 0.170. The number of methoxy groups -OCH3 is 1. The molecular formula is C27H27N3O3S2. The van der Waals surface area contributed by atoms with Gasteiger partial charge >= 0.3 is 0 Å². The van der Waals surface area contributed by atoms with Gasteiger partial charge in [-0.1, -0.05) is 49.5 Å². The average molecular weight is 506 g/mol. The Kier molecular flexibility index (Phi) is 9.60. The molecule has 35 heavy (non-hydrogen) atoms. The van der Waals surface area contributed by atoms with Gasteiger partial charge in [-0.25, -0.2) is 0 Å². The topological polar surface area (TPSA) is 101 Å². The molecule has 0 aliphatic carbocycles. The van der Waals surface area contributed by atoms with E-state index in [1.807, 2.05) is 62.4 Å². The first-order valence-electron chi connectivity index (χ1n) is 11.2. The van der Waals surface area contributed by atoms with Gasteiger partial charge in [0.2, 0.25) is 0 Å². The first-order valence-corrected chi connectivity index (χ1v) is 12.8. The number of hydrogen-bond acceptors (Lipinski definition) is 8. The van der Waals surface area contributed by atoms with Crippen molar-refractivity contribution in [1.29, 1.82) is 10.5 Å². The van der Waals surface area contributed by atoms with Crippen LogP contribution in [-0.2, 0) is 0 Å². The zero-order valence-corrected chi connectivity index (χ0v) is 21.6. The van der Waals surface area contributed by atoms with Crippen molar-refractivity contribution < 1.29 is 14.2 Å². The van der Waals surface area contributed by atoms with Crippen molar-refractivity contribution >= 4 is 29.2 Å². The van der Waals surface area contributed by atoms with E-state index in [0.717, 1.165) is 28.4 Å². The second-order valence-electron chi connectivity index (χ2n) is 7.40. The lowest BCUT2D eigenvalue weighted by atomic mass is 10.1. The van der Waals surface area contributed by atoms with Gasteiger partial charge in [0.15, 0.2) is 11.5 Å². The van der Waals surface area contributed by atoms with Crippen molar-refractivity contribution in [1.82, 2.24) is 0 Å². The number of hydrogen-bond donors (Lipinski definition) is 1. The van der Waals surface area contributed by atoms with Crippen LogP contribution >= 0.6 is 23.5 Å². The minimum absolute atomic E-state index is 0.170. The van der Waals surface area contributed by atoms with E-state index < -0.39 is 0 Å². The number of nitrogens with zero attached hydrogens (tertiary/aromatic N) is 2. The van der Waals surface area contributed by atoms with Gasteiger partial charge in [0, 0.05) is 15.5 Å². The van der Waals surface area contributed by atoms with Crippen LogP contribution in [0, 0.1) is 22.7 Å². The normalized spacial score (nSPS) is 10.3. The maximum absolute atomic E-state index is 10.1. The highest BCUT2D eigenvalue weighted by Gasteiger charge is 2.28. The molecule has 0 atom stereocenters. The number of anilines is 1. The molecule has 0 spiro atoms. The third-order valence-corrected chi connectivity index (χ3v) is 7.27. The Hall–Kier alpha value is -3.46. The fraction of sp³-hybridized carbons (Fsp3) is 0.259. The molecule has 3 aromatic rings. The minimum Gasteiger partial charge on any atom is -0.497 e. The van der Waals surface area contributed by atoms with Crippen LogP contribution in [0.2, 0.25) is 0 Å². The summed E-state index contributed by atoms with van der Waals surface area (Å²) in [5, 5.41) is 20.1. The van der Waals surface area contributed by atoms with Gasteiger partial charge in [0.25, 0.3) is 0 Å². The van der Waals surface area contributed by atoms with Gasteiger partial charge in [-0.05, 0) is 49.2 Å². The van der Waals surface area contributed by atoms with Gasteiger partial charge < -0.3 is 19.9 Å². The SMILES string of the molecule is CCCOc1c(C#N)c(C#N)c(OCCC)c(Sc2ccccc2N)c1Sc1ccc(OC)cc1. The lowest BCUT2D eigenvalue weighted by molar-refractivity contribution is 0.293. The molecule has 0 amide bonds. The maximum atomic E-state index is 10.1. The number of benzene rings is 3. The molecular weight excluding hydrogens is 478 g/mol. The summed E-state index contributed by atoms with van der Waals surface area (Å²) in [5.41, 5.74) is 7.22. The fourth-order valence-electron chi connectivity index (χ4n) is 3.19. The van der Waals surface area contributed by atoms with Gasteiger partial charge in [0.05, 0.1) is 30.1 Å². The lowest BCUT2D eigenvalue weighted by Crippen LogP contribution is -2.07. The first kappa shape index (κ1) is 26.2. The lowest BCUT2D eigenvalue weighted by Gasteiger charge is -2.22. The largest absolute Gasteiger partial charge is 0.497 e. The van der Waals surface area contributed by atoms with Crippen molar-refractivity contribution in [3.05, 3.63) is 59.7 Å². The van der Waals surface area contributed by atoms with Gasteiger partial charge in [-0.15, -0.1) is 0 Å². The quantitative estimate of drug-likeness (QED) is 0.281. The van der Waals surface area contributed by atoms with E-state index in [9.17, 15) is 10.5 Å². The number of para-hydroxylation sites is 1. The molecule has 3 aromatic carbocycles. The van der Waals surface area contributed by atoms with Crippen LogP contribution in [0.25, 0.3) is 0 Å². The van der Waals surface area contributed by atoms with Crippen LogP contribution in [0.4, 0.5) is 5.69 Å². The highest BCUT2D eigenvalue weighted by atomic mass is 32.2. The second-order valence-corrected chi connectivity index (χ2v) is 9.54. The summed E-state index contributed by atoms with van der Waals surface area (Å²) in [7, 11) is 1.62. The Labute approximate surface area is 215 Å². The van der Waals surface area contributed by atoms with Crippen molar-refractivity contribution in [2.24, 2.45) is 0 Å². The van der Waals surface area contributed by atoms with Crippen molar-refractivity contribution in [2.45, 2.75) is 46.3 Å². The standard InChI is InChI=1S/C27H27N3O3S2/c1-4-14-32-24-20(16-28)21(17-29)25(33-15-5-2)27(35-23-9-7-6-8-22(23)30)26(24)34-19-12-10-18(31-3)11-13-19/h6-13H,4-5,14-15,30H2,1-3H3. The Morgan fingerprint density at radius 1 is 0.800 bits per heavy atom. The zero-order chi connectivity index (χ0) is 25.2. The molecule has 0 fully saturated rings. The molecule has 0 heterocycles. The highest BCUT2D eigenvalue weighted by Crippen LogP contribution is 2.52. The summed E-state index contributed by atoms with van der Waals surface area (Å²) in [6.45, 7) is 4.79. The average Bonchev–Trinajstić information content (AvgIpc) is 2.89. The van der Waals surface area contributed by atoms with Crippen LogP contribution in [-0.4, -0.2) is 20.3 Å². The molecule has 0 aliphatic rings. The monoisotopic (exact) mass is 505 g/mol. The molecule has 0 radical (unpaired) electrons. The predicted molar refractivity (Wildman–Crippen MR) is 140 cm³/mol. The summed E-state index contributed by atoms with van der Waals surface area (Å²) >= 11 is 2.85. The molecule has 0 unspecified atom stereocenters. The molecule has 0 aliphatic heterocycles. The number of nitrogens with two attached hydrogens (primary N) is 1. The summed E-state index contributed by atoms with van der Waals surface area (Å²) < 4.78 is 17.5. The molecule has 180 valence electrons. The van der Waals surface area contributed by atoms with Crippen LogP contribution in [0.5, 0.6) is 17.2 Å². The predicted octanol–water partition coefficient (Wildman–Crippen LogP) is 6.90. The number of ether oxygens (including phenoxy) is 3. The number of rotatable bonds is 11. The molecule has 0 bridgehead atoms. The van der Waals surface area contributed by atoms with E-state index in [0.29, 0.717) is 40.2 Å². The van der Waals surface area contributed by atoms with Gasteiger partial charge in [0.1, 0.15) is 29.0 Å². The Balaban J connectivity index is 2.31. The van der Waals surface area contributed by atoms with Crippen LogP contribution in [0.15, 0.2) is 68.1 Å². The van der Waals surface area contributed by atoms with Crippen molar-refractivity contribution in [3.63, 3.8) is 0 Å². The summed E-state index contributed by atoms with van der Waals surface area (Å²) in [6, 6.07) is 19.5. The molecule has 8 heteroatoms. The van der Waals surface area contributed by atoms with E-state index in [1.54, 1.807) is 7.11 Å². The first-order chi connectivity index (χ1) is 17.1. The Morgan fingerprint density at radius 3 is 1.83 bits per heavy atom. The molecule has 2 N–H and O–H groups in total. The Morgan fingerprint density at radius 2 is 1.34 bits per heavy atom. The van der Waals surface area contributed by atoms with Gasteiger partial charge in [-0.2, -0.15) is 10.5 Å². The number of nitrogen functional groups attached to an aromatic ring is 1. The zero-order valence-electron chi connectivity index (χ0n) is 20.0. The van der Waals surface area contributed by atoms with Crippen molar-refractivity contribution in [3.8, 4) is 29.4 Å². The van der Waals surface area contributed by atoms with Gasteiger partial charge in [-0.3, -0.25) is 0 Å². The van der Waals surface area contributed by atoms with Crippen LogP contribution in [0.1, 0.15) is 37.8 Å². The van der Waals surface area contributed by atoms with Crippen LogP contribution in [0.3, 0.4) is 0 Å². The summed E-state index contributed by atoms with van der Waals surface area (Å²) in [6.07, 6.45) is 1.50. The van der Waals surface area contributed by atoms with E-state index >= 15 is 0 Å². The Bertz CT molecular complexity index is 1250. The highest BCUT2D eigenvalue weighted by molar-refractivity contribution is 8.02. The van der Waals surface area contributed by atoms with E-state index in [2.05, 4.69) is 12.1 Å². The second kappa shape index (κ2) is 12.9. The smallest absolute Gasteiger partial charge is 0.153 e. The third-order valence-electron chi connectivity index (χ3n) is 4.86. The van der Waals surface area contributed by atoms with E-state index in [1.165, 1.54) is 23.5 Å². The fourth-order valence-corrected chi connectivity index (χ4v) is 5.38. The number of nitriles is 2.